The van der Waals surface area contributed by atoms with Crippen LogP contribution >= 0.6 is 0 Å². The van der Waals surface area contributed by atoms with Crippen molar-refractivity contribution in [2.45, 2.75) is 20.0 Å². The minimum Gasteiger partial charge on any atom is -0.497 e. The van der Waals surface area contributed by atoms with Crippen molar-refractivity contribution < 1.29 is 9.47 Å². The minimum atomic E-state index is -0.225. The van der Waals surface area contributed by atoms with E-state index >= 15 is 0 Å². The van der Waals surface area contributed by atoms with E-state index in [0.717, 1.165) is 46.5 Å². The lowest BCUT2D eigenvalue weighted by molar-refractivity contribution is 0.0368. The molecule has 1 aliphatic rings. The summed E-state index contributed by atoms with van der Waals surface area (Å²) < 4.78 is 11.5. The highest BCUT2D eigenvalue weighted by molar-refractivity contribution is 5.67. The molecule has 8 heteroatoms. The number of morpholine rings is 1. The Bertz CT molecular complexity index is 1030. The van der Waals surface area contributed by atoms with Crippen molar-refractivity contribution in [3.63, 3.8) is 0 Å². The standard InChI is InChI=1S/C23H28N6O2/c1-15-12-16(2)26-23(25-15)29-10-11-31-20(14-29)21-19(13-24-22(27-21)28(3)4)17-6-8-18(30-5)9-7-17/h6-9,12-13,20H,10-11,14H2,1-5H3/t20-/m0/s1. The van der Waals surface area contributed by atoms with Gasteiger partial charge in [0.1, 0.15) is 11.9 Å². The number of benzene rings is 1. The van der Waals surface area contributed by atoms with Crippen LogP contribution in [-0.2, 0) is 4.74 Å². The number of aromatic nitrogens is 4. The first-order valence-electron chi connectivity index (χ1n) is 10.3. The van der Waals surface area contributed by atoms with E-state index in [9.17, 15) is 0 Å². The van der Waals surface area contributed by atoms with Crippen LogP contribution in [-0.4, -0.2) is 60.8 Å². The molecule has 0 aliphatic carbocycles. The molecule has 2 aromatic heterocycles. The summed E-state index contributed by atoms with van der Waals surface area (Å²) in [6, 6.07) is 9.90. The zero-order valence-corrected chi connectivity index (χ0v) is 18.7. The Morgan fingerprint density at radius 2 is 1.77 bits per heavy atom. The zero-order valence-electron chi connectivity index (χ0n) is 18.7. The molecule has 0 bridgehead atoms. The molecule has 0 amide bonds. The molecule has 0 radical (unpaired) electrons. The van der Waals surface area contributed by atoms with Gasteiger partial charge in [0.05, 0.1) is 26.0 Å². The molecule has 8 nitrogen and oxygen atoms in total. The van der Waals surface area contributed by atoms with Gasteiger partial charge in [0.15, 0.2) is 0 Å². The van der Waals surface area contributed by atoms with Gasteiger partial charge in [-0.15, -0.1) is 0 Å². The molecule has 1 saturated heterocycles. The Morgan fingerprint density at radius 1 is 1.06 bits per heavy atom. The molecular weight excluding hydrogens is 392 g/mol. The maximum Gasteiger partial charge on any atom is 0.225 e. The molecular formula is C23H28N6O2. The monoisotopic (exact) mass is 420 g/mol. The fraction of sp³-hybridized carbons (Fsp3) is 0.391. The number of ether oxygens (including phenoxy) is 2. The van der Waals surface area contributed by atoms with Crippen LogP contribution in [0.3, 0.4) is 0 Å². The Kier molecular flexibility index (Phi) is 5.99. The van der Waals surface area contributed by atoms with Gasteiger partial charge in [-0.25, -0.2) is 19.9 Å². The van der Waals surface area contributed by atoms with Crippen molar-refractivity contribution in [2.75, 3.05) is 50.7 Å². The lowest BCUT2D eigenvalue weighted by Gasteiger charge is -2.33. The number of hydrogen-bond acceptors (Lipinski definition) is 8. The summed E-state index contributed by atoms with van der Waals surface area (Å²) in [5.74, 6) is 2.19. The maximum atomic E-state index is 6.19. The predicted octanol–water partition coefficient (Wildman–Crippen LogP) is 3.20. The van der Waals surface area contributed by atoms with Gasteiger partial charge in [-0.3, -0.25) is 0 Å². The summed E-state index contributed by atoms with van der Waals surface area (Å²) in [5, 5.41) is 0. The summed E-state index contributed by atoms with van der Waals surface area (Å²) >= 11 is 0. The Balaban J connectivity index is 1.71. The van der Waals surface area contributed by atoms with Gasteiger partial charge in [0, 0.05) is 43.8 Å². The number of hydrogen-bond donors (Lipinski definition) is 0. The molecule has 0 N–H and O–H groups in total. The van der Waals surface area contributed by atoms with Crippen molar-refractivity contribution in [1.29, 1.82) is 0 Å². The third kappa shape index (κ3) is 4.59. The molecule has 1 fully saturated rings. The second-order valence-corrected chi connectivity index (χ2v) is 7.85. The molecule has 4 rings (SSSR count). The number of nitrogens with zero attached hydrogens (tertiary/aromatic N) is 6. The first-order valence-corrected chi connectivity index (χ1v) is 10.3. The van der Waals surface area contributed by atoms with Crippen molar-refractivity contribution in [1.82, 2.24) is 19.9 Å². The van der Waals surface area contributed by atoms with E-state index in [0.29, 0.717) is 19.1 Å². The molecule has 1 aromatic carbocycles. The smallest absolute Gasteiger partial charge is 0.225 e. The van der Waals surface area contributed by atoms with Crippen LogP contribution in [0, 0.1) is 13.8 Å². The van der Waals surface area contributed by atoms with Crippen molar-refractivity contribution in [2.24, 2.45) is 0 Å². The highest BCUT2D eigenvalue weighted by Crippen LogP contribution is 2.33. The van der Waals surface area contributed by atoms with Crippen LogP contribution in [0.25, 0.3) is 11.1 Å². The first-order chi connectivity index (χ1) is 14.9. The molecule has 162 valence electrons. The fourth-order valence-electron chi connectivity index (χ4n) is 3.68. The van der Waals surface area contributed by atoms with Crippen LogP contribution in [0.2, 0.25) is 0 Å². The molecule has 0 spiro atoms. The second-order valence-electron chi connectivity index (χ2n) is 7.85. The van der Waals surface area contributed by atoms with Crippen molar-refractivity contribution >= 4 is 11.9 Å². The van der Waals surface area contributed by atoms with E-state index in [-0.39, 0.29) is 6.10 Å². The number of methoxy groups -OCH3 is 1. The maximum absolute atomic E-state index is 6.19. The highest BCUT2D eigenvalue weighted by atomic mass is 16.5. The van der Waals surface area contributed by atoms with E-state index < -0.39 is 0 Å². The normalized spacial score (nSPS) is 16.3. The molecule has 3 aromatic rings. The molecule has 0 saturated carbocycles. The van der Waals surface area contributed by atoms with Crippen molar-refractivity contribution in [3.05, 3.63) is 53.6 Å². The lowest BCUT2D eigenvalue weighted by atomic mass is 10.0. The molecule has 1 atom stereocenters. The van der Waals surface area contributed by atoms with Gasteiger partial charge in [-0.05, 0) is 37.6 Å². The SMILES string of the molecule is COc1ccc(-c2cnc(N(C)C)nc2[C@@H]2CN(c3nc(C)cc(C)n3)CCO2)cc1. The van der Waals surface area contributed by atoms with Gasteiger partial charge in [-0.2, -0.15) is 0 Å². The molecule has 31 heavy (non-hydrogen) atoms. The van der Waals surface area contributed by atoms with Gasteiger partial charge >= 0.3 is 0 Å². The van der Waals surface area contributed by atoms with Crippen LogP contribution in [0.5, 0.6) is 5.75 Å². The van der Waals surface area contributed by atoms with E-state index in [4.69, 9.17) is 14.5 Å². The second kappa shape index (κ2) is 8.85. The molecule has 0 unspecified atom stereocenters. The quantitative estimate of drug-likeness (QED) is 0.623. The highest BCUT2D eigenvalue weighted by Gasteiger charge is 2.28. The van der Waals surface area contributed by atoms with Gasteiger partial charge in [-0.1, -0.05) is 12.1 Å². The van der Waals surface area contributed by atoms with Gasteiger partial charge < -0.3 is 19.3 Å². The third-order valence-electron chi connectivity index (χ3n) is 5.23. The predicted molar refractivity (Wildman–Crippen MR) is 121 cm³/mol. The fourth-order valence-corrected chi connectivity index (χ4v) is 3.68. The number of aryl methyl sites for hydroxylation is 2. The van der Waals surface area contributed by atoms with Crippen LogP contribution < -0.4 is 14.5 Å². The first kappa shape index (κ1) is 21.0. The summed E-state index contributed by atoms with van der Waals surface area (Å²) in [5.41, 5.74) is 4.74. The number of anilines is 2. The number of rotatable bonds is 5. The van der Waals surface area contributed by atoms with E-state index in [2.05, 4.69) is 19.9 Å². The summed E-state index contributed by atoms with van der Waals surface area (Å²) in [6.07, 6.45) is 1.65. The van der Waals surface area contributed by atoms with Gasteiger partial charge in [0.25, 0.3) is 0 Å². The average molecular weight is 421 g/mol. The summed E-state index contributed by atoms with van der Waals surface area (Å²) in [4.78, 5) is 22.8. The summed E-state index contributed by atoms with van der Waals surface area (Å²) in [6.45, 7) is 5.92. The Hall–Kier alpha value is -3.26. The van der Waals surface area contributed by atoms with Crippen LogP contribution in [0.1, 0.15) is 23.2 Å². The minimum absolute atomic E-state index is 0.225. The largest absolute Gasteiger partial charge is 0.497 e. The topological polar surface area (TPSA) is 76.5 Å². The van der Waals surface area contributed by atoms with Gasteiger partial charge in [0.2, 0.25) is 11.9 Å². The van der Waals surface area contributed by atoms with E-state index in [1.165, 1.54) is 0 Å². The van der Waals surface area contributed by atoms with Crippen molar-refractivity contribution in [3.8, 4) is 16.9 Å². The zero-order chi connectivity index (χ0) is 22.0. The Labute approximate surface area is 182 Å². The lowest BCUT2D eigenvalue weighted by Crippen LogP contribution is -2.40. The molecule has 3 heterocycles. The van der Waals surface area contributed by atoms with E-state index in [1.54, 1.807) is 7.11 Å². The average Bonchev–Trinajstić information content (AvgIpc) is 2.78. The van der Waals surface area contributed by atoms with Crippen LogP contribution in [0.15, 0.2) is 36.5 Å². The molecule has 1 aliphatic heterocycles. The third-order valence-corrected chi connectivity index (χ3v) is 5.23. The van der Waals surface area contributed by atoms with E-state index in [1.807, 2.05) is 69.4 Å². The Morgan fingerprint density at radius 3 is 2.42 bits per heavy atom. The summed E-state index contributed by atoms with van der Waals surface area (Å²) in [7, 11) is 5.53. The van der Waals surface area contributed by atoms with Crippen LogP contribution in [0.4, 0.5) is 11.9 Å².